The molecule has 3 nitrogen and oxygen atoms in total. The Morgan fingerprint density at radius 3 is 2.95 bits per heavy atom. The van der Waals surface area contributed by atoms with Crippen molar-refractivity contribution in [3.8, 4) is 0 Å². The fraction of sp³-hybridized carbons (Fsp3) is 0.733. The Morgan fingerprint density at radius 2 is 2.37 bits per heavy atom. The average molecular weight is 328 g/mol. The predicted octanol–water partition coefficient (Wildman–Crippen LogP) is 4.04. The lowest BCUT2D eigenvalue weighted by Crippen LogP contribution is -2.48. The normalized spacial score (nSPS) is 27.2. The molecule has 0 radical (unpaired) electrons. The van der Waals surface area contributed by atoms with E-state index in [2.05, 4.69) is 34.2 Å². The molecule has 0 bridgehead atoms. The van der Waals surface area contributed by atoms with Gasteiger partial charge in [-0.15, -0.1) is 0 Å². The molecule has 1 aliphatic carbocycles. The average Bonchev–Trinajstić information content (AvgIpc) is 2.80. The van der Waals surface area contributed by atoms with Gasteiger partial charge in [-0.05, 0) is 66.6 Å². The van der Waals surface area contributed by atoms with Crippen molar-refractivity contribution in [3.05, 3.63) is 22.6 Å². The molecule has 1 spiro atoms. The largest absolute Gasteiger partial charge is 0.457 e. The van der Waals surface area contributed by atoms with E-state index in [1.165, 1.54) is 31.2 Å². The number of hydrogen-bond donors (Lipinski definition) is 1. The summed E-state index contributed by atoms with van der Waals surface area (Å²) in [5.41, 5.74) is 1.45. The highest BCUT2D eigenvalue weighted by atomic mass is 79.9. The van der Waals surface area contributed by atoms with E-state index in [-0.39, 0.29) is 5.60 Å². The zero-order chi connectivity index (χ0) is 13.3. The maximum atomic E-state index is 6.04. The van der Waals surface area contributed by atoms with Gasteiger partial charge in [0.1, 0.15) is 0 Å². The van der Waals surface area contributed by atoms with Crippen molar-refractivity contribution in [2.75, 3.05) is 13.2 Å². The van der Waals surface area contributed by atoms with Crippen LogP contribution in [0.25, 0.3) is 0 Å². The highest BCUT2D eigenvalue weighted by Gasteiger charge is 2.44. The summed E-state index contributed by atoms with van der Waals surface area (Å²) in [5.74, 6) is 0.642. The second-order valence-corrected chi connectivity index (χ2v) is 6.54. The second-order valence-electron chi connectivity index (χ2n) is 5.82. The van der Waals surface area contributed by atoms with Crippen molar-refractivity contribution < 1.29 is 9.15 Å². The van der Waals surface area contributed by atoms with E-state index >= 15 is 0 Å². The molecule has 1 aromatic rings. The summed E-state index contributed by atoms with van der Waals surface area (Å²) in [4.78, 5) is 0. The van der Waals surface area contributed by atoms with Gasteiger partial charge in [-0.3, -0.25) is 0 Å². The van der Waals surface area contributed by atoms with Gasteiger partial charge in [0.25, 0.3) is 0 Å². The van der Waals surface area contributed by atoms with Gasteiger partial charge in [-0.2, -0.15) is 0 Å². The van der Waals surface area contributed by atoms with Crippen LogP contribution in [0.1, 0.15) is 50.6 Å². The molecule has 4 heteroatoms. The summed E-state index contributed by atoms with van der Waals surface area (Å²) in [6.07, 6.45) is 7.90. The number of rotatable bonds is 4. The van der Waals surface area contributed by atoms with Crippen molar-refractivity contribution in [1.29, 1.82) is 0 Å². The monoisotopic (exact) mass is 327 g/mol. The Bertz CT molecular complexity index is 428. The zero-order valence-corrected chi connectivity index (χ0v) is 13.0. The van der Waals surface area contributed by atoms with Crippen LogP contribution in [-0.4, -0.2) is 18.8 Å². The molecule has 106 valence electrons. The molecular weight excluding hydrogens is 306 g/mol. The van der Waals surface area contributed by atoms with Crippen LogP contribution in [0, 0.1) is 5.92 Å². The second kappa shape index (κ2) is 5.58. The Hall–Kier alpha value is -0.320. The van der Waals surface area contributed by atoms with E-state index in [1.54, 1.807) is 6.26 Å². The molecule has 1 saturated heterocycles. The van der Waals surface area contributed by atoms with Gasteiger partial charge < -0.3 is 14.5 Å². The molecule has 19 heavy (non-hydrogen) atoms. The first-order valence-electron chi connectivity index (χ1n) is 7.34. The molecule has 0 amide bonds. The molecule has 1 aliphatic heterocycles. The first-order chi connectivity index (χ1) is 9.24. The molecule has 2 atom stereocenters. The number of hydrogen-bond acceptors (Lipinski definition) is 3. The van der Waals surface area contributed by atoms with E-state index < -0.39 is 0 Å². The topological polar surface area (TPSA) is 34.4 Å². The van der Waals surface area contributed by atoms with Crippen LogP contribution in [-0.2, 0) is 4.74 Å². The van der Waals surface area contributed by atoms with Crippen LogP contribution >= 0.6 is 15.9 Å². The van der Waals surface area contributed by atoms with Crippen LogP contribution in [0.15, 0.2) is 21.4 Å². The van der Waals surface area contributed by atoms with Crippen LogP contribution in [0.3, 0.4) is 0 Å². The maximum absolute atomic E-state index is 6.04. The van der Waals surface area contributed by atoms with E-state index in [4.69, 9.17) is 9.15 Å². The molecule has 2 fully saturated rings. The Morgan fingerprint density at radius 1 is 1.53 bits per heavy atom. The lowest BCUT2D eigenvalue weighted by molar-refractivity contribution is -0.147. The first kappa shape index (κ1) is 13.7. The lowest BCUT2D eigenvalue weighted by atomic mass is 9.70. The number of halogens is 1. The highest BCUT2D eigenvalue weighted by molar-refractivity contribution is 9.10. The van der Waals surface area contributed by atoms with Crippen molar-refractivity contribution in [2.45, 2.75) is 50.7 Å². The van der Waals surface area contributed by atoms with E-state index in [0.29, 0.717) is 12.0 Å². The Labute approximate surface area is 123 Å². The van der Waals surface area contributed by atoms with Crippen molar-refractivity contribution in [2.24, 2.45) is 5.92 Å². The molecule has 1 aromatic heterocycles. The summed E-state index contributed by atoms with van der Waals surface area (Å²) in [6.45, 7) is 4.05. The minimum Gasteiger partial charge on any atom is -0.457 e. The Kier molecular flexibility index (Phi) is 4.01. The number of ether oxygens (including phenoxy) is 1. The summed E-state index contributed by atoms with van der Waals surface area (Å²) in [7, 11) is 0. The minimum atomic E-state index is 0.201. The zero-order valence-electron chi connectivity index (χ0n) is 11.5. The highest BCUT2D eigenvalue weighted by Crippen LogP contribution is 2.47. The van der Waals surface area contributed by atoms with Crippen molar-refractivity contribution in [1.82, 2.24) is 5.32 Å². The quantitative estimate of drug-likeness (QED) is 0.906. The molecule has 1 saturated carbocycles. The summed E-state index contributed by atoms with van der Waals surface area (Å²) in [6, 6.07) is 2.46. The van der Waals surface area contributed by atoms with E-state index in [0.717, 1.165) is 24.2 Å². The van der Waals surface area contributed by atoms with Crippen molar-refractivity contribution >= 4 is 15.9 Å². The van der Waals surface area contributed by atoms with Gasteiger partial charge in [-0.1, -0.05) is 6.92 Å². The smallest absolute Gasteiger partial charge is 0.173 e. The summed E-state index contributed by atoms with van der Waals surface area (Å²) in [5, 5.41) is 3.64. The summed E-state index contributed by atoms with van der Waals surface area (Å²) >= 11 is 3.53. The van der Waals surface area contributed by atoms with Gasteiger partial charge in [0, 0.05) is 18.2 Å². The standard InChI is InChI=1S/C15H22BrNO2/c1-2-17-13(12-5-8-18-14(12)16)11-4-9-19-15(10-11)6-3-7-15/h5,8,11,13,17H,2-4,6-7,9-10H2,1H3. The Balaban J connectivity index is 1.78. The molecule has 2 aliphatic rings. The van der Waals surface area contributed by atoms with Crippen LogP contribution in [0.2, 0.25) is 0 Å². The molecule has 0 aromatic carbocycles. The summed E-state index contributed by atoms with van der Waals surface area (Å²) < 4.78 is 12.3. The predicted molar refractivity (Wildman–Crippen MR) is 78.1 cm³/mol. The van der Waals surface area contributed by atoms with Gasteiger partial charge in [-0.25, -0.2) is 0 Å². The molecule has 3 rings (SSSR count). The molecule has 2 unspecified atom stereocenters. The van der Waals surface area contributed by atoms with Gasteiger partial charge in [0.15, 0.2) is 4.67 Å². The molecular formula is C15H22BrNO2. The van der Waals surface area contributed by atoms with Gasteiger partial charge >= 0.3 is 0 Å². The minimum absolute atomic E-state index is 0.201. The number of furan rings is 1. The fourth-order valence-corrected chi connectivity index (χ4v) is 4.03. The van der Waals surface area contributed by atoms with Crippen molar-refractivity contribution in [3.63, 3.8) is 0 Å². The third kappa shape index (κ3) is 2.63. The van der Waals surface area contributed by atoms with Crippen LogP contribution in [0.4, 0.5) is 0 Å². The lowest BCUT2D eigenvalue weighted by Gasteiger charge is -2.48. The van der Waals surface area contributed by atoms with Gasteiger partial charge in [0.2, 0.25) is 0 Å². The third-order valence-corrected chi connectivity index (χ3v) is 5.32. The third-order valence-electron chi connectivity index (χ3n) is 4.67. The molecule has 1 N–H and O–H groups in total. The van der Waals surface area contributed by atoms with E-state index in [1.807, 2.05) is 0 Å². The maximum Gasteiger partial charge on any atom is 0.173 e. The van der Waals surface area contributed by atoms with Crippen LogP contribution in [0.5, 0.6) is 0 Å². The van der Waals surface area contributed by atoms with E-state index in [9.17, 15) is 0 Å². The number of nitrogens with one attached hydrogen (secondary N) is 1. The molecule has 2 heterocycles. The van der Waals surface area contributed by atoms with Crippen LogP contribution < -0.4 is 5.32 Å². The first-order valence-corrected chi connectivity index (χ1v) is 8.14. The SMILES string of the molecule is CCNC(c1ccoc1Br)C1CCOC2(CCC2)C1. The van der Waals surface area contributed by atoms with Gasteiger partial charge in [0.05, 0.1) is 11.9 Å². The fourth-order valence-electron chi connectivity index (χ4n) is 3.55.